The molecule has 0 heterocycles. The third-order valence-corrected chi connectivity index (χ3v) is 8.27. The summed E-state index contributed by atoms with van der Waals surface area (Å²) in [5, 5.41) is 17.8. The van der Waals surface area contributed by atoms with Crippen molar-refractivity contribution in [2.75, 3.05) is 12.3 Å². The molecule has 12 heteroatoms. The van der Waals surface area contributed by atoms with E-state index in [4.69, 9.17) is 10.5 Å². The van der Waals surface area contributed by atoms with Crippen molar-refractivity contribution >= 4 is 61.4 Å². The SMILES string of the molecule is Nc1c(Br)cc(C[C@@H](NC(=O)CCCc2ccccc2)C(=O)N[C@@H](CCCCNC(=O)OCc2ccccc2)C(=O)O)cc1Br. The molecular formula is C33H38Br2N4O6. The predicted octanol–water partition coefficient (Wildman–Crippen LogP) is 5.51. The van der Waals surface area contributed by atoms with Crippen LogP contribution in [0.3, 0.4) is 0 Å². The van der Waals surface area contributed by atoms with Crippen LogP contribution in [0.2, 0.25) is 0 Å². The van der Waals surface area contributed by atoms with Crippen molar-refractivity contribution in [1.29, 1.82) is 0 Å². The van der Waals surface area contributed by atoms with E-state index in [1.165, 1.54) is 0 Å². The Balaban J connectivity index is 1.53. The summed E-state index contributed by atoms with van der Waals surface area (Å²) in [7, 11) is 0. The van der Waals surface area contributed by atoms with Crippen LogP contribution in [0.4, 0.5) is 10.5 Å². The van der Waals surface area contributed by atoms with Gasteiger partial charge in [0.2, 0.25) is 11.8 Å². The zero-order valence-corrected chi connectivity index (χ0v) is 27.9. The summed E-state index contributed by atoms with van der Waals surface area (Å²) in [4.78, 5) is 50.2. The number of nitrogen functional groups attached to an aromatic ring is 1. The number of nitrogens with one attached hydrogen (secondary N) is 3. The second kappa shape index (κ2) is 18.8. The molecule has 0 radical (unpaired) electrons. The van der Waals surface area contributed by atoms with Gasteiger partial charge in [-0.15, -0.1) is 0 Å². The Morgan fingerprint density at radius 2 is 1.42 bits per heavy atom. The first-order chi connectivity index (χ1) is 21.6. The fraction of sp³-hybridized carbons (Fsp3) is 0.333. The van der Waals surface area contributed by atoms with Crippen LogP contribution in [0.1, 0.15) is 48.8 Å². The Morgan fingerprint density at radius 1 is 0.800 bits per heavy atom. The lowest BCUT2D eigenvalue weighted by Crippen LogP contribution is -2.52. The Labute approximate surface area is 279 Å². The maximum absolute atomic E-state index is 13.4. The van der Waals surface area contributed by atoms with Gasteiger partial charge in [-0.3, -0.25) is 9.59 Å². The minimum Gasteiger partial charge on any atom is -0.480 e. The van der Waals surface area contributed by atoms with Crippen molar-refractivity contribution in [3.8, 4) is 0 Å². The predicted molar refractivity (Wildman–Crippen MR) is 179 cm³/mol. The molecule has 0 saturated heterocycles. The second-order valence-electron chi connectivity index (χ2n) is 10.5. The second-order valence-corrected chi connectivity index (χ2v) is 12.2. The fourth-order valence-corrected chi connectivity index (χ4v) is 5.81. The smallest absolute Gasteiger partial charge is 0.407 e. The quantitative estimate of drug-likeness (QED) is 0.0900. The van der Waals surface area contributed by atoms with Gasteiger partial charge in [0, 0.05) is 28.3 Å². The molecule has 6 N–H and O–H groups in total. The lowest BCUT2D eigenvalue weighted by Gasteiger charge is -2.22. The van der Waals surface area contributed by atoms with Gasteiger partial charge in [-0.2, -0.15) is 0 Å². The summed E-state index contributed by atoms with van der Waals surface area (Å²) in [6.45, 7) is 0.436. The van der Waals surface area contributed by atoms with Crippen LogP contribution in [0.25, 0.3) is 0 Å². The number of nitrogens with two attached hydrogens (primary N) is 1. The number of ether oxygens (including phenoxy) is 1. The van der Waals surface area contributed by atoms with Crippen LogP contribution >= 0.6 is 31.9 Å². The molecule has 0 spiro atoms. The highest BCUT2D eigenvalue weighted by Crippen LogP contribution is 2.30. The van der Waals surface area contributed by atoms with Crippen LogP contribution in [-0.2, 0) is 38.6 Å². The van der Waals surface area contributed by atoms with Gasteiger partial charge in [-0.25, -0.2) is 9.59 Å². The van der Waals surface area contributed by atoms with E-state index in [0.29, 0.717) is 45.9 Å². The normalized spacial score (nSPS) is 12.0. The molecule has 3 amide bonds. The zero-order chi connectivity index (χ0) is 32.6. The third kappa shape index (κ3) is 12.9. The third-order valence-electron chi connectivity index (χ3n) is 6.96. The fourth-order valence-electron chi connectivity index (χ4n) is 4.53. The average molecular weight is 746 g/mol. The number of aliphatic carboxylic acids is 1. The first-order valence-electron chi connectivity index (χ1n) is 14.7. The standard InChI is InChI=1S/C33H38Br2N4O6/c34-25-18-24(19-26(35)30(25)36)20-28(38-29(40)16-9-14-22-10-3-1-4-11-22)31(41)39-27(32(42)43)15-7-8-17-37-33(44)45-21-23-12-5-2-6-13-23/h1-6,10-13,18-19,27-28H,7-9,14-17,20-21,36H2,(H,37,44)(H,38,40)(H,39,41)(H,42,43)/t27-,28+/m0/s1. The number of carbonyl (C=O) groups excluding carboxylic acids is 3. The van der Waals surface area contributed by atoms with Crippen LogP contribution in [0.5, 0.6) is 0 Å². The maximum atomic E-state index is 13.4. The van der Waals surface area contributed by atoms with Crippen molar-refractivity contribution < 1.29 is 29.0 Å². The number of hydrogen-bond acceptors (Lipinski definition) is 6. The molecule has 10 nitrogen and oxygen atoms in total. The van der Waals surface area contributed by atoms with Gasteiger partial charge in [0.25, 0.3) is 0 Å². The minimum absolute atomic E-state index is 0.120. The summed E-state index contributed by atoms with van der Waals surface area (Å²) in [5.74, 6) is -2.10. The molecule has 0 aliphatic carbocycles. The molecule has 0 fully saturated rings. The van der Waals surface area contributed by atoms with E-state index in [0.717, 1.165) is 11.1 Å². The Kier molecular flexibility index (Phi) is 14.9. The monoisotopic (exact) mass is 744 g/mol. The van der Waals surface area contributed by atoms with Crippen molar-refractivity contribution in [3.05, 3.63) is 98.4 Å². The molecule has 0 saturated carbocycles. The van der Waals surface area contributed by atoms with Crippen LogP contribution in [0.15, 0.2) is 81.7 Å². The van der Waals surface area contributed by atoms with Gasteiger partial charge in [0.15, 0.2) is 0 Å². The van der Waals surface area contributed by atoms with Gasteiger partial charge in [-0.1, -0.05) is 60.7 Å². The molecule has 2 atom stereocenters. The minimum atomic E-state index is -1.19. The molecule has 0 unspecified atom stereocenters. The highest BCUT2D eigenvalue weighted by Gasteiger charge is 2.27. The van der Waals surface area contributed by atoms with Gasteiger partial charge in [0.05, 0.1) is 5.69 Å². The molecule has 45 heavy (non-hydrogen) atoms. The highest BCUT2D eigenvalue weighted by atomic mass is 79.9. The number of hydrogen-bond donors (Lipinski definition) is 5. The topological polar surface area (TPSA) is 160 Å². The van der Waals surface area contributed by atoms with E-state index in [-0.39, 0.29) is 38.3 Å². The van der Waals surface area contributed by atoms with Crippen LogP contribution < -0.4 is 21.7 Å². The molecule has 3 aromatic rings. The largest absolute Gasteiger partial charge is 0.480 e. The summed E-state index contributed by atoms with van der Waals surface area (Å²) in [5.41, 5.74) is 9.19. The number of carboxylic acids is 1. The average Bonchev–Trinajstić information content (AvgIpc) is 3.02. The van der Waals surface area contributed by atoms with E-state index in [9.17, 15) is 24.3 Å². The van der Waals surface area contributed by atoms with Crippen LogP contribution in [0, 0.1) is 0 Å². The van der Waals surface area contributed by atoms with Gasteiger partial charge in [0.1, 0.15) is 18.7 Å². The number of unbranched alkanes of at least 4 members (excludes halogenated alkanes) is 1. The number of carbonyl (C=O) groups is 4. The summed E-state index contributed by atoms with van der Waals surface area (Å²) >= 11 is 6.81. The number of carboxylic acid groups (broad SMARTS) is 1. The number of anilines is 1. The molecule has 0 aromatic heterocycles. The molecule has 0 aliphatic heterocycles. The van der Waals surface area contributed by atoms with E-state index < -0.39 is 30.1 Å². The van der Waals surface area contributed by atoms with Crippen molar-refractivity contribution in [1.82, 2.24) is 16.0 Å². The molecule has 3 aromatic carbocycles. The Bertz CT molecular complexity index is 1400. The molecule has 0 bridgehead atoms. The van der Waals surface area contributed by atoms with E-state index in [2.05, 4.69) is 47.8 Å². The number of alkyl carbamates (subject to hydrolysis) is 1. The molecule has 3 rings (SSSR count). The maximum Gasteiger partial charge on any atom is 0.407 e. The Morgan fingerprint density at radius 3 is 2.04 bits per heavy atom. The van der Waals surface area contributed by atoms with Gasteiger partial charge < -0.3 is 31.5 Å². The molecule has 240 valence electrons. The van der Waals surface area contributed by atoms with E-state index in [1.807, 2.05) is 60.7 Å². The van der Waals surface area contributed by atoms with Crippen molar-refractivity contribution in [3.63, 3.8) is 0 Å². The van der Waals surface area contributed by atoms with E-state index in [1.54, 1.807) is 12.1 Å². The number of halogens is 2. The zero-order valence-electron chi connectivity index (χ0n) is 24.8. The lowest BCUT2D eigenvalue weighted by atomic mass is 10.0. The first-order valence-corrected chi connectivity index (χ1v) is 16.3. The lowest BCUT2D eigenvalue weighted by molar-refractivity contribution is -0.142. The Hall–Kier alpha value is -3.90. The summed E-state index contributed by atoms with van der Waals surface area (Å²) in [6.07, 6.45) is 2.10. The van der Waals surface area contributed by atoms with E-state index >= 15 is 0 Å². The van der Waals surface area contributed by atoms with Crippen LogP contribution in [-0.4, -0.2) is 47.6 Å². The summed E-state index contributed by atoms with van der Waals surface area (Å²) < 4.78 is 6.43. The van der Waals surface area contributed by atoms with Crippen molar-refractivity contribution in [2.45, 2.75) is 63.6 Å². The van der Waals surface area contributed by atoms with Crippen molar-refractivity contribution in [2.24, 2.45) is 0 Å². The first kappa shape index (κ1) is 35.6. The number of rotatable bonds is 17. The molecule has 0 aliphatic rings. The number of aryl methyl sites for hydroxylation is 1. The highest BCUT2D eigenvalue weighted by molar-refractivity contribution is 9.11. The van der Waals surface area contributed by atoms with Gasteiger partial charge in [-0.05, 0) is 92.8 Å². The molecular weight excluding hydrogens is 708 g/mol. The number of amides is 3. The summed E-state index contributed by atoms with van der Waals surface area (Å²) in [6, 6.07) is 20.4. The van der Waals surface area contributed by atoms with Gasteiger partial charge >= 0.3 is 12.1 Å². The number of benzene rings is 3.